The van der Waals surface area contributed by atoms with E-state index in [4.69, 9.17) is 9.47 Å². The largest absolute Gasteiger partial charge is 0.489 e. The first-order valence-corrected chi connectivity index (χ1v) is 9.96. The fourth-order valence-electron chi connectivity index (χ4n) is 3.88. The number of amides is 1. The molecular weight excluding hydrogens is 328 g/mol. The molecule has 0 radical (unpaired) electrons. The van der Waals surface area contributed by atoms with Gasteiger partial charge < -0.3 is 14.8 Å². The van der Waals surface area contributed by atoms with Gasteiger partial charge in [0.2, 0.25) is 5.91 Å². The molecule has 5 nitrogen and oxygen atoms in total. The Morgan fingerprint density at radius 1 is 1.27 bits per heavy atom. The summed E-state index contributed by atoms with van der Waals surface area (Å²) >= 11 is 0. The second-order valence-corrected chi connectivity index (χ2v) is 7.82. The minimum atomic E-state index is -0.0982. The van der Waals surface area contributed by atoms with Crippen LogP contribution in [-0.4, -0.2) is 55.3 Å². The van der Waals surface area contributed by atoms with Crippen molar-refractivity contribution in [2.24, 2.45) is 5.92 Å². The Hall–Kier alpha value is -1.59. The van der Waals surface area contributed by atoms with Gasteiger partial charge >= 0.3 is 0 Å². The smallest absolute Gasteiger partial charge is 0.237 e. The standard InChI is InChI=1S/C21H32N2O3/c1-16(2)8-11-22-21(24)20-14-19(26-18-6-4-3-5-7-18)15-23(20)17-9-12-25-13-10-17/h3-7,16-17,19-20H,8-15H2,1-2H3,(H,22,24)/t19-,20-/m0/s1. The number of para-hydroxylation sites is 1. The van der Waals surface area contributed by atoms with E-state index in [1.165, 1.54) is 0 Å². The van der Waals surface area contributed by atoms with E-state index in [1.807, 2.05) is 30.3 Å². The highest BCUT2D eigenvalue weighted by atomic mass is 16.5. The van der Waals surface area contributed by atoms with Gasteiger partial charge in [-0.2, -0.15) is 0 Å². The fourth-order valence-corrected chi connectivity index (χ4v) is 3.88. The van der Waals surface area contributed by atoms with E-state index in [9.17, 15) is 4.79 Å². The Morgan fingerprint density at radius 3 is 2.69 bits per heavy atom. The van der Waals surface area contributed by atoms with E-state index in [0.717, 1.165) is 57.7 Å². The van der Waals surface area contributed by atoms with Gasteiger partial charge in [0.1, 0.15) is 11.9 Å². The van der Waals surface area contributed by atoms with Crippen molar-refractivity contribution in [3.63, 3.8) is 0 Å². The van der Waals surface area contributed by atoms with Gasteiger partial charge in [-0.25, -0.2) is 0 Å². The Morgan fingerprint density at radius 2 is 2.00 bits per heavy atom. The number of likely N-dealkylation sites (tertiary alicyclic amines) is 1. The highest BCUT2D eigenvalue weighted by Crippen LogP contribution is 2.28. The molecule has 2 saturated heterocycles. The van der Waals surface area contributed by atoms with Crippen LogP contribution in [0, 0.1) is 5.92 Å². The zero-order valence-corrected chi connectivity index (χ0v) is 16.0. The van der Waals surface area contributed by atoms with Crippen LogP contribution in [0.2, 0.25) is 0 Å². The van der Waals surface area contributed by atoms with Crippen LogP contribution >= 0.6 is 0 Å². The summed E-state index contributed by atoms with van der Waals surface area (Å²) in [6, 6.07) is 10.2. The molecule has 0 bridgehead atoms. The summed E-state index contributed by atoms with van der Waals surface area (Å²) in [5.41, 5.74) is 0. The van der Waals surface area contributed by atoms with Gasteiger partial charge in [-0.1, -0.05) is 32.0 Å². The predicted octanol–water partition coefficient (Wildman–Crippen LogP) is 2.85. The summed E-state index contributed by atoms with van der Waals surface area (Å²) in [7, 11) is 0. The molecule has 144 valence electrons. The number of hydrogen-bond acceptors (Lipinski definition) is 4. The number of carbonyl (C=O) groups is 1. The number of rotatable bonds is 7. The number of nitrogens with zero attached hydrogens (tertiary/aromatic N) is 1. The predicted molar refractivity (Wildman–Crippen MR) is 102 cm³/mol. The number of benzene rings is 1. The van der Waals surface area contributed by atoms with Crippen molar-refractivity contribution in [1.82, 2.24) is 10.2 Å². The van der Waals surface area contributed by atoms with Crippen LogP contribution < -0.4 is 10.1 Å². The van der Waals surface area contributed by atoms with Gasteiger partial charge in [0.15, 0.2) is 0 Å². The van der Waals surface area contributed by atoms with Crippen molar-refractivity contribution < 1.29 is 14.3 Å². The fraction of sp³-hybridized carbons (Fsp3) is 0.667. The molecule has 0 unspecified atom stereocenters. The van der Waals surface area contributed by atoms with Gasteiger partial charge in [-0.15, -0.1) is 0 Å². The Bertz CT molecular complexity index is 558. The normalized spacial score (nSPS) is 24.7. The average molecular weight is 360 g/mol. The molecule has 3 rings (SSSR count). The van der Waals surface area contributed by atoms with Crippen LogP contribution in [0.15, 0.2) is 30.3 Å². The molecule has 2 fully saturated rings. The highest BCUT2D eigenvalue weighted by Gasteiger charge is 2.41. The van der Waals surface area contributed by atoms with Crippen molar-refractivity contribution in [2.75, 3.05) is 26.3 Å². The van der Waals surface area contributed by atoms with Crippen LogP contribution in [0.5, 0.6) is 5.75 Å². The molecule has 5 heteroatoms. The lowest BCUT2D eigenvalue weighted by Gasteiger charge is -2.34. The van der Waals surface area contributed by atoms with Crippen LogP contribution in [0.1, 0.15) is 39.5 Å². The van der Waals surface area contributed by atoms with Crippen molar-refractivity contribution in [3.8, 4) is 5.75 Å². The summed E-state index contributed by atoms with van der Waals surface area (Å²) in [4.78, 5) is 15.2. The van der Waals surface area contributed by atoms with Crippen molar-refractivity contribution >= 4 is 5.91 Å². The second kappa shape index (κ2) is 9.38. The molecule has 0 spiro atoms. The van der Waals surface area contributed by atoms with Gasteiger partial charge in [-0.05, 0) is 37.3 Å². The molecule has 26 heavy (non-hydrogen) atoms. The molecule has 0 aromatic heterocycles. The van der Waals surface area contributed by atoms with Crippen LogP contribution in [0.25, 0.3) is 0 Å². The van der Waals surface area contributed by atoms with Crippen molar-refractivity contribution in [3.05, 3.63) is 30.3 Å². The molecule has 2 heterocycles. The topological polar surface area (TPSA) is 50.8 Å². The van der Waals surface area contributed by atoms with E-state index in [1.54, 1.807) is 0 Å². The third-order valence-electron chi connectivity index (χ3n) is 5.33. The number of nitrogens with one attached hydrogen (secondary N) is 1. The maximum atomic E-state index is 12.8. The molecule has 1 amide bonds. The lowest BCUT2D eigenvalue weighted by atomic mass is 10.1. The zero-order chi connectivity index (χ0) is 18.4. The van der Waals surface area contributed by atoms with Crippen molar-refractivity contribution in [2.45, 2.75) is 57.7 Å². The Kier molecular flexibility index (Phi) is 6.92. The maximum Gasteiger partial charge on any atom is 0.237 e. The Balaban J connectivity index is 1.63. The number of hydrogen-bond donors (Lipinski definition) is 1. The summed E-state index contributed by atoms with van der Waals surface area (Å²) in [5, 5.41) is 3.14. The molecule has 1 aromatic carbocycles. The molecule has 1 aromatic rings. The Labute approximate surface area is 157 Å². The van der Waals surface area contributed by atoms with Gasteiger partial charge in [0, 0.05) is 38.8 Å². The van der Waals surface area contributed by atoms with Crippen LogP contribution in [0.3, 0.4) is 0 Å². The van der Waals surface area contributed by atoms with Crippen LogP contribution in [0.4, 0.5) is 0 Å². The van der Waals surface area contributed by atoms with Crippen molar-refractivity contribution in [1.29, 1.82) is 0 Å². The van der Waals surface area contributed by atoms with E-state index >= 15 is 0 Å². The molecule has 0 aliphatic carbocycles. The average Bonchev–Trinajstić information content (AvgIpc) is 3.07. The van der Waals surface area contributed by atoms with Gasteiger partial charge in [0.05, 0.1) is 6.04 Å². The minimum Gasteiger partial charge on any atom is -0.489 e. The van der Waals surface area contributed by atoms with Gasteiger partial charge in [0.25, 0.3) is 0 Å². The highest BCUT2D eigenvalue weighted by molar-refractivity contribution is 5.82. The SMILES string of the molecule is CC(C)CCNC(=O)[C@@H]1C[C@H](Oc2ccccc2)CN1C1CCOCC1. The molecule has 0 saturated carbocycles. The summed E-state index contributed by atoms with van der Waals surface area (Å²) in [6.45, 7) is 7.49. The second-order valence-electron chi connectivity index (χ2n) is 7.82. The van der Waals surface area contributed by atoms with Gasteiger partial charge in [-0.3, -0.25) is 9.69 Å². The zero-order valence-electron chi connectivity index (χ0n) is 16.0. The van der Waals surface area contributed by atoms with E-state index in [-0.39, 0.29) is 18.1 Å². The molecule has 2 aliphatic rings. The first-order chi connectivity index (χ1) is 12.6. The molecule has 2 aliphatic heterocycles. The van der Waals surface area contributed by atoms with Crippen LogP contribution in [-0.2, 0) is 9.53 Å². The van der Waals surface area contributed by atoms with E-state index in [2.05, 4.69) is 24.1 Å². The summed E-state index contributed by atoms with van der Waals surface area (Å²) < 4.78 is 11.7. The first-order valence-electron chi connectivity index (χ1n) is 9.96. The first kappa shape index (κ1) is 19.2. The third kappa shape index (κ3) is 5.21. The third-order valence-corrected chi connectivity index (χ3v) is 5.33. The van der Waals surface area contributed by atoms with E-state index in [0.29, 0.717) is 12.0 Å². The summed E-state index contributed by atoms with van der Waals surface area (Å²) in [6.07, 6.45) is 3.81. The molecule has 2 atom stereocenters. The monoisotopic (exact) mass is 360 g/mol. The lowest BCUT2D eigenvalue weighted by molar-refractivity contribution is -0.127. The number of ether oxygens (including phenoxy) is 2. The summed E-state index contributed by atoms with van der Waals surface area (Å²) in [5.74, 6) is 1.63. The quantitative estimate of drug-likeness (QED) is 0.812. The number of carbonyl (C=O) groups excluding carboxylic acids is 1. The molecule has 1 N–H and O–H groups in total. The lowest BCUT2D eigenvalue weighted by Crippen LogP contribution is -2.49. The maximum absolute atomic E-state index is 12.8. The molecular formula is C21H32N2O3. The van der Waals surface area contributed by atoms with E-state index < -0.39 is 0 Å². The minimum absolute atomic E-state index is 0.0566.